The molecule has 23 heavy (non-hydrogen) atoms. The molecule has 0 aliphatic carbocycles. The normalized spacial score (nSPS) is 13.9. The number of rotatable bonds is 6. The summed E-state index contributed by atoms with van der Waals surface area (Å²) in [6.07, 6.45) is -5.31. The van der Waals surface area contributed by atoms with Crippen molar-refractivity contribution < 1.29 is 26.7 Å². The van der Waals surface area contributed by atoms with E-state index in [9.17, 15) is 26.7 Å². The Kier molecular flexibility index (Phi) is 5.45. The lowest BCUT2D eigenvalue weighted by Gasteiger charge is -2.12. The molecular weight excluding hydrogens is 351 g/mol. The number of benzene rings is 1. The summed E-state index contributed by atoms with van der Waals surface area (Å²) in [6, 6.07) is 7.00. The maximum Gasteiger partial charge on any atom is 0.416 e. The summed E-state index contributed by atoms with van der Waals surface area (Å²) in [7, 11) is -4.07. The lowest BCUT2D eigenvalue weighted by molar-refractivity contribution is -0.137. The molecule has 1 aromatic carbocycles. The second-order valence-corrected chi connectivity index (χ2v) is 7.49. The number of aliphatic hydroxyl groups is 1. The highest BCUT2D eigenvalue weighted by molar-refractivity contribution is 7.89. The monoisotopic (exact) mass is 365 g/mol. The Labute approximate surface area is 135 Å². The molecule has 1 aromatic heterocycles. The molecule has 2 rings (SSSR count). The van der Waals surface area contributed by atoms with Crippen LogP contribution >= 0.6 is 11.3 Å². The van der Waals surface area contributed by atoms with E-state index in [0.29, 0.717) is 10.9 Å². The first-order chi connectivity index (χ1) is 10.7. The van der Waals surface area contributed by atoms with Crippen molar-refractivity contribution in [3.05, 3.63) is 52.2 Å². The van der Waals surface area contributed by atoms with Crippen molar-refractivity contribution >= 4 is 21.4 Å². The molecular formula is C14H14F3NO3S2. The van der Waals surface area contributed by atoms with Crippen LogP contribution in [0.1, 0.15) is 23.0 Å². The molecule has 2 N–H and O–H groups in total. The Morgan fingerprint density at radius 3 is 2.57 bits per heavy atom. The molecule has 0 saturated heterocycles. The third-order valence-electron chi connectivity index (χ3n) is 3.05. The Hall–Kier alpha value is -1.42. The van der Waals surface area contributed by atoms with E-state index in [1.165, 1.54) is 11.3 Å². The van der Waals surface area contributed by atoms with Crippen molar-refractivity contribution in [2.75, 3.05) is 6.54 Å². The highest BCUT2D eigenvalue weighted by atomic mass is 32.2. The predicted octanol–water partition coefficient (Wildman–Crippen LogP) is 3.17. The zero-order chi connectivity index (χ0) is 17.1. The van der Waals surface area contributed by atoms with E-state index in [1.54, 1.807) is 17.5 Å². The van der Waals surface area contributed by atoms with Crippen molar-refractivity contribution in [1.82, 2.24) is 4.72 Å². The van der Waals surface area contributed by atoms with Crippen LogP contribution in [-0.4, -0.2) is 20.1 Å². The number of aliphatic hydroxyl groups excluding tert-OH is 1. The van der Waals surface area contributed by atoms with Crippen molar-refractivity contribution in [2.45, 2.75) is 23.6 Å². The largest absolute Gasteiger partial charge is 0.416 e. The van der Waals surface area contributed by atoms with E-state index < -0.39 is 32.8 Å². The second-order valence-electron chi connectivity index (χ2n) is 4.74. The summed E-state index contributed by atoms with van der Waals surface area (Å²) in [5.41, 5.74) is -1.03. The van der Waals surface area contributed by atoms with Crippen molar-refractivity contribution in [2.24, 2.45) is 0 Å². The molecule has 0 unspecified atom stereocenters. The molecule has 0 fully saturated rings. The highest BCUT2D eigenvalue weighted by Crippen LogP contribution is 2.30. The fourth-order valence-electron chi connectivity index (χ4n) is 1.88. The van der Waals surface area contributed by atoms with Gasteiger partial charge in [0.2, 0.25) is 10.0 Å². The first-order valence-electron chi connectivity index (χ1n) is 6.58. The van der Waals surface area contributed by atoms with Gasteiger partial charge in [-0.1, -0.05) is 12.1 Å². The number of hydrogen-bond acceptors (Lipinski definition) is 4. The zero-order valence-corrected chi connectivity index (χ0v) is 13.4. The molecule has 0 amide bonds. The van der Waals surface area contributed by atoms with E-state index in [0.717, 1.165) is 18.2 Å². The number of alkyl halides is 3. The van der Waals surface area contributed by atoms with Crippen molar-refractivity contribution in [1.29, 1.82) is 0 Å². The fourth-order valence-corrected chi connectivity index (χ4v) is 3.72. The molecule has 1 heterocycles. The van der Waals surface area contributed by atoms with Gasteiger partial charge in [0, 0.05) is 11.4 Å². The lowest BCUT2D eigenvalue weighted by Crippen LogP contribution is -2.26. The van der Waals surface area contributed by atoms with Gasteiger partial charge in [-0.2, -0.15) is 13.2 Å². The van der Waals surface area contributed by atoms with Gasteiger partial charge in [0.05, 0.1) is 16.6 Å². The number of thiophene rings is 1. The molecule has 2 aromatic rings. The molecule has 0 spiro atoms. The molecule has 0 aliphatic heterocycles. The zero-order valence-electron chi connectivity index (χ0n) is 11.7. The van der Waals surface area contributed by atoms with Crippen molar-refractivity contribution in [3.63, 3.8) is 0 Å². The molecule has 1 atom stereocenters. The second kappa shape index (κ2) is 7.00. The van der Waals surface area contributed by atoms with Gasteiger partial charge in [0.15, 0.2) is 0 Å². The van der Waals surface area contributed by atoms with Crippen LogP contribution in [0.25, 0.3) is 0 Å². The Bertz CT molecular complexity index is 743. The van der Waals surface area contributed by atoms with Gasteiger partial charge in [0.1, 0.15) is 0 Å². The molecule has 4 nitrogen and oxygen atoms in total. The summed E-state index contributed by atoms with van der Waals surface area (Å²) in [4.78, 5) is 0.237. The van der Waals surface area contributed by atoms with Crippen LogP contribution in [0.15, 0.2) is 46.7 Å². The van der Waals surface area contributed by atoms with Gasteiger partial charge in [-0.25, -0.2) is 13.1 Å². The van der Waals surface area contributed by atoms with Gasteiger partial charge in [-0.15, -0.1) is 11.3 Å². The summed E-state index contributed by atoms with van der Waals surface area (Å²) in [5, 5.41) is 11.6. The van der Waals surface area contributed by atoms with E-state index in [-0.39, 0.29) is 13.0 Å². The average molecular weight is 365 g/mol. The predicted molar refractivity (Wildman–Crippen MR) is 80.5 cm³/mol. The van der Waals surface area contributed by atoms with Crippen LogP contribution < -0.4 is 4.72 Å². The summed E-state index contributed by atoms with van der Waals surface area (Å²) < 4.78 is 64.1. The molecule has 0 saturated carbocycles. The topological polar surface area (TPSA) is 66.4 Å². The number of halogens is 3. The highest BCUT2D eigenvalue weighted by Gasteiger charge is 2.31. The van der Waals surface area contributed by atoms with Crippen LogP contribution in [0.2, 0.25) is 0 Å². The van der Waals surface area contributed by atoms with Gasteiger partial charge in [-0.05, 0) is 36.1 Å². The number of sulfonamides is 1. The quantitative estimate of drug-likeness (QED) is 0.826. The van der Waals surface area contributed by atoms with E-state index in [4.69, 9.17) is 0 Å². The van der Waals surface area contributed by atoms with Gasteiger partial charge < -0.3 is 5.11 Å². The molecule has 9 heteroatoms. The van der Waals surface area contributed by atoms with Crippen LogP contribution in [0, 0.1) is 0 Å². The minimum Gasteiger partial charge on any atom is -0.388 e. The van der Waals surface area contributed by atoms with Crippen LogP contribution in [0.5, 0.6) is 0 Å². The first-order valence-corrected chi connectivity index (χ1v) is 8.95. The van der Waals surface area contributed by atoms with Crippen LogP contribution in [0.3, 0.4) is 0 Å². The standard InChI is InChI=1S/C14H14F3NO3S2/c15-14(16,17)10-3-1-4-11(9-10)23(20,21)18-7-6-12(19)13-5-2-8-22-13/h1-5,8-9,12,18-19H,6-7H2/t12-/m0/s1. The van der Waals surface area contributed by atoms with Crippen LogP contribution in [-0.2, 0) is 16.2 Å². The Morgan fingerprint density at radius 2 is 1.96 bits per heavy atom. The van der Waals surface area contributed by atoms with E-state index in [2.05, 4.69) is 4.72 Å². The molecule has 0 radical (unpaired) electrons. The first kappa shape index (κ1) is 17.9. The lowest BCUT2D eigenvalue weighted by atomic mass is 10.2. The van der Waals surface area contributed by atoms with Gasteiger partial charge in [-0.3, -0.25) is 0 Å². The van der Waals surface area contributed by atoms with E-state index in [1.807, 2.05) is 0 Å². The fraction of sp³-hybridized carbons (Fsp3) is 0.286. The molecule has 0 aliphatic rings. The molecule has 126 valence electrons. The van der Waals surface area contributed by atoms with Gasteiger partial charge in [0.25, 0.3) is 0 Å². The Balaban J connectivity index is 2.02. The third-order valence-corrected chi connectivity index (χ3v) is 5.49. The molecule has 0 bridgehead atoms. The Morgan fingerprint density at radius 1 is 1.22 bits per heavy atom. The average Bonchev–Trinajstić information content (AvgIpc) is 3.00. The van der Waals surface area contributed by atoms with Gasteiger partial charge >= 0.3 is 6.18 Å². The maximum atomic E-state index is 12.6. The minimum atomic E-state index is -4.61. The van der Waals surface area contributed by atoms with Crippen molar-refractivity contribution in [3.8, 4) is 0 Å². The SMILES string of the molecule is O=S(=O)(NCC[C@H](O)c1cccs1)c1cccc(C(F)(F)F)c1. The van der Waals surface area contributed by atoms with Crippen LogP contribution in [0.4, 0.5) is 13.2 Å². The maximum absolute atomic E-state index is 12.6. The minimum absolute atomic E-state index is 0.0857. The third kappa shape index (κ3) is 4.77. The number of nitrogens with one attached hydrogen (secondary N) is 1. The summed E-state index contributed by atoms with van der Waals surface area (Å²) >= 11 is 1.34. The summed E-state index contributed by atoms with van der Waals surface area (Å²) in [6.45, 7) is -0.0857. The smallest absolute Gasteiger partial charge is 0.388 e. The number of hydrogen-bond donors (Lipinski definition) is 2. The summed E-state index contributed by atoms with van der Waals surface area (Å²) in [5.74, 6) is 0. The van der Waals surface area contributed by atoms with E-state index >= 15 is 0 Å².